The van der Waals surface area contributed by atoms with Crippen LogP contribution in [0, 0.1) is 0 Å². The van der Waals surface area contributed by atoms with Gasteiger partial charge in [0.1, 0.15) is 0 Å². The van der Waals surface area contributed by atoms with E-state index in [-0.39, 0.29) is 6.04 Å². The third kappa shape index (κ3) is 2.66. The fourth-order valence-corrected chi connectivity index (χ4v) is 1.13. The van der Waals surface area contributed by atoms with Crippen molar-refractivity contribution in [2.24, 2.45) is 12.8 Å². The quantitative estimate of drug-likeness (QED) is 0.659. The predicted octanol–water partition coefficient (Wildman–Crippen LogP) is -0.251. The number of aryl methyl sites for hydroxylation is 1. The average Bonchev–Trinajstić information content (AvgIpc) is 2.51. The van der Waals surface area contributed by atoms with Crippen molar-refractivity contribution in [3.63, 3.8) is 0 Å². The highest BCUT2D eigenvalue weighted by atomic mass is 15.6. The van der Waals surface area contributed by atoms with Crippen molar-refractivity contribution in [1.29, 1.82) is 0 Å². The Morgan fingerprint density at radius 3 is 2.85 bits per heavy atom. The molecule has 3 N–H and O–H groups in total. The first-order valence-electron chi connectivity index (χ1n) is 4.46. The maximum Gasteiger partial charge on any atom is 0.242 e. The Balaban J connectivity index is 2.51. The van der Waals surface area contributed by atoms with Gasteiger partial charge in [0.2, 0.25) is 5.95 Å². The molecule has 0 amide bonds. The van der Waals surface area contributed by atoms with Gasteiger partial charge in [-0.25, -0.2) is 4.68 Å². The Bertz CT molecular complexity index is 245. The molecule has 1 heterocycles. The fourth-order valence-electron chi connectivity index (χ4n) is 1.13. The lowest BCUT2D eigenvalue weighted by molar-refractivity contribution is 0.631. The van der Waals surface area contributed by atoms with E-state index in [4.69, 9.17) is 5.73 Å². The van der Waals surface area contributed by atoms with E-state index in [2.05, 4.69) is 27.8 Å². The van der Waals surface area contributed by atoms with Gasteiger partial charge >= 0.3 is 0 Å². The second-order valence-corrected chi connectivity index (χ2v) is 2.99. The number of nitrogens with zero attached hydrogens (tertiary/aromatic N) is 4. The second-order valence-electron chi connectivity index (χ2n) is 2.99. The van der Waals surface area contributed by atoms with E-state index in [1.54, 1.807) is 11.7 Å². The van der Waals surface area contributed by atoms with Crippen LogP contribution in [0.3, 0.4) is 0 Å². The minimum Gasteiger partial charge on any atom is -0.349 e. The Morgan fingerprint density at radius 1 is 1.62 bits per heavy atom. The Hall–Kier alpha value is -1.17. The van der Waals surface area contributed by atoms with Crippen LogP contribution in [-0.2, 0) is 7.05 Å². The molecule has 0 aliphatic carbocycles. The van der Waals surface area contributed by atoms with Gasteiger partial charge < -0.3 is 11.1 Å². The van der Waals surface area contributed by atoms with Crippen LogP contribution in [-0.4, -0.2) is 32.8 Å². The predicted molar refractivity (Wildman–Crippen MR) is 50.2 cm³/mol. The first-order valence-corrected chi connectivity index (χ1v) is 4.46. The number of nitrogens with two attached hydrogens (primary N) is 1. The van der Waals surface area contributed by atoms with Gasteiger partial charge in [-0.15, -0.1) is 0 Å². The van der Waals surface area contributed by atoms with E-state index in [1.807, 2.05) is 0 Å². The maximum atomic E-state index is 5.59. The Kier molecular flexibility index (Phi) is 3.63. The molecule has 0 radical (unpaired) electrons. The van der Waals surface area contributed by atoms with Gasteiger partial charge in [-0.05, 0) is 16.8 Å². The molecular formula is C7H16N6. The summed E-state index contributed by atoms with van der Waals surface area (Å²) in [6, 6.07) is 0.259. The fraction of sp³-hybridized carbons (Fsp3) is 0.857. The molecule has 74 valence electrons. The molecule has 1 aromatic heterocycles. The van der Waals surface area contributed by atoms with E-state index in [1.165, 1.54) is 0 Å². The molecular weight excluding hydrogens is 168 g/mol. The number of rotatable bonds is 5. The molecule has 0 saturated heterocycles. The molecule has 0 aromatic carbocycles. The summed E-state index contributed by atoms with van der Waals surface area (Å²) in [4.78, 5) is 0. The Morgan fingerprint density at radius 2 is 2.38 bits per heavy atom. The van der Waals surface area contributed by atoms with Crippen molar-refractivity contribution in [2.45, 2.75) is 25.8 Å². The first-order chi connectivity index (χ1) is 6.27. The van der Waals surface area contributed by atoms with Crippen molar-refractivity contribution < 1.29 is 0 Å². The molecule has 1 atom stereocenters. The smallest absolute Gasteiger partial charge is 0.242 e. The summed E-state index contributed by atoms with van der Waals surface area (Å²) >= 11 is 0. The zero-order valence-corrected chi connectivity index (χ0v) is 8.06. The molecule has 0 fully saturated rings. The first kappa shape index (κ1) is 9.91. The summed E-state index contributed by atoms with van der Waals surface area (Å²) in [6.45, 7) is 2.72. The number of hydrogen-bond donors (Lipinski definition) is 2. The lowest BCUT2D eigenvalue weighted by atomic mass is 10.2. The molecule has 0 aliphatic rings. The third-order valence-electron chi connectivity index (χ3n) is 1.88. The zero-order chi connectivity index (χ0) is 9.68. The topological polar surface area (TPSA) is 81.7 Å². The van der Waals surface area contributed by atoms with Crippen LogP contribution in [0.25, 0.3) is 0 Å². The van der Waals surface area contributed by atoms with Gasteiger partial charge in [-0.3, -0.25) is 0 Å². The van der Waals surface area contributed by atoms with Crippen molar-refractivity contribution in [1.82, 2.24) is 20.2 Å². The van der Waals surface area contributed by atoms with Gasteiger partial charge in [0.05, 0.1) is 0 Å². The lowest BCUT2D eigenvalue weighted by Crippen LogP contribution is -2.29. The van der Waals surface area contributed by atoms with Crippen molar-refractivity contribution in [2.75, 3.05) is 11.9 Å². The van der Waals surface area contributed by atoms with Gasteiger partial charge in [0.25, 0.3) is 0 Å². The van der Waals surface area contributed by atoms with Gasteiger partial charge in [0, 0.05) is 19.6 Å². The van der Waals surface area contributed by atoms with Crippen molar-refractivity contribution >= 4 is 5.95 Å². The number of anilines is 1. The van der Waals surface area contributed by atoms with Crippen LogP contribution in [0.2, 0.25) is 0 Å². The van der Waals surface area contributed by atoms with Crippen molar-refractivity contribution in [3.05, 3.63) is 0 Å². The molecule has 1 unspecified atom stereocenters. The summed E-state index contributed by atoms with van der Waals surface area (Å²) < 4.78 is 1.60. The molecule has 0 saturated carbocycles. The highest BCUT2D eigenvalue weighted by Crippen LogP contribution is 2.03. The maximum absolute atomic E-state index is 5.59. The standard InChI is InChI=1S/C7H16N6/c1-3-4-6(5-8)9-7-10-11-12-13(7)2/h6H,3-5,8H2,1-2H3,(H,9,10,12). The molecule has 0 aliphatic heterocycles. The summed E-state index contributed by atoms with van der Waals surface area (Å²) in [5.74, 6) is 0.670. The zero-order valence-electron chi connectivity index (χ0n) is 8.06. The van der Waals surface area contributed by atoms with Crippen LogP contribution < -0.4 is 11.1 Å². The minimum atomic E-state index is 0.259. The van der Waals surface area contributed by atoms with Crippen LogP contribution in [0.5, 0.6) is 0 Å². The van der Waals surface area contributed by atoms with Crippen LogP contribution in [0.15, 0.2) is 0 Å². The van der Waals surface area contributed by atoms with Gasteiger partial charge in [-0.1, -0.05) is 18.4 Å². The number of aromatic nitrogens is 4. The van der Waals surface area contributed by atoms with E-state index >= 15 is 0 Å². The van der Waals surface area contributed by atoms with Crippen LogP contribution in [0.1, 0.15) is 19.8 Å². The summed E-state index contributed by atoms with van der Waals surface area (Å²) in [6.07, 6.45) is 2.13. The normalized spacial score (nSPS) is 12.8. The average molecular weight is 184 g/mol. The highest BCUT2D eigenvalue weighted by molar-refractivity contribution is 5.23. The van der Waals surface area contributed by atoms with E-state index in [0.717, 1.165) is 12.8 Å². The summed E-state index contributed by atoms with van der Waals surface area (Å²) in [5.41, 5.74) is 5.59. The number of tetrazole rings is 1. The SMILES string of the molecule is CCCC(CN)Nc1nnnn1C. The second kappa shape index (κ2) is 4.76. The monoisotopic (exact) mass is 184 g/mol. The summed E-state index contributed by atoms with van der Waals surface area (Å²) in [7, 11) is 1.79. The number of nitrogens with one attached hydrogen (secondary N) is 1. The Labute approximate surface area is 77.5 Å². The molecule has 0 bridgehead atoms. The molecule has 1 rings (SSSR count). The van der Waals surface area contributed by atoms with Crippen LogP contribution in [0.4, 0.5) is 5.95 Å². The molecule has 6 heteroatoms. The van der Waals surface area contributed by atoms with Gasteiger partial charge in [-0.2, -0.15) is 0 Å². The molecule has 6 nitrogen and oxygen atoms in total. The van der Waals surface area contributed by atoms with Crippen LogP contribution >= 0.6 is 0 Å². The molecule has 13 heavy (non-hydrogen) atoms. The highest BCUT2D eigenvalue weighted by Gasteiger charge is 2.08. The third-order valence-corrected chi connectivity index (χ3v) is 1.88. The summed E-state index contributed by atoms with van der Waals surface area (Å²) in [5, 5.41) is 14.2. The molecule has 1 aromatic rings. The van der Waals surface area contributed by atoms with Crippen molar-refractivity contribution in [3.8, 4) is 0 Å². The number of hydrogen-bond acceptors (Lipinski definition) is 5. The van der Waals surface area contributed by atoms with Gasteiger partial charge in [0.15, 0.2) is 0 Å². The largest absolute Gasteiger partial charge is 0.349 e. The van der Waals surface area contributed by atoms with E-state index in [0.29, 0.717) is 12.5 Å². The van der Waals surface area contributed by atoms with E-state index in [9.17, 15) is 0 Å². The lowest BCUT2D eigenvalue weighted by Gasteiger charge is -2.14. The molecule has 0 spiro atoms. The van der Waals surface area contributed by atoms with E-state index < -0.39 is 0 Å². The minimum absolute atomic E-state index is 0.259.